The van der Waals surface area contributed by atoms with Gasteiger partial charge in [-0.1, -0.05) is 15.9 Å². The van der Waals surface area contributed by atoms with E-state index in [9.17, 15) is 18.0 Å². The van der Waals surface area contributed by atoms with Gasteiger partial charge in [0.1, 0.15) is 6.04 Å². The first kappa shape index (κ1) is 13.0. The molecule has 1 rings (SSSR count). The van der Waals surface area contributed by atoms with Crippen molar-refractivity contribution in [3.8, 4) is 0 Å². The van der Waals surface area contributed by atoms with Crippen molar-refractivity contribution in [1.82, 2.24) is 0 Å². The van der Waals surface area contributed by atoms with Crippen LogP contribution in [0.1, 0.15) is 17.2 Å². The van der Waals surface area contributed by atoms with Gasteiger partial charge >= 0.3 is 12.1 Å². The van der Waals surface area contributed by atoms with Crippen molar-refractivity contribution in [1.29, 1.82) is 0 Å². The van der Waals surface area contributed by atoms with Crippen molar-refractivity contribution in [2.24, 2.45) is 5.73 Å². The predicted molar refractivity (Wildman–Crippen MR) is 53.7 cm³/mol. The Kier molecular flexibility index (Phi) is 3.59. The highest BCUT2D eigenvalue weighted by Gasteiger charge is 2.32. The van der Waals surface area contributed by atoms with Crippen LogP contribution in [0, 0.1) is 0 Å². The predicted octanol–water partition coefficient (Wildman–Crippen LogP) is 2.55. The number of carboxylic acids is 1. The van der Waals surface area contributed by atoms with E-state index in [1.165, 1.54) is 6.07 Å². The average molecular weight is 298 g/mol. The van der Waals surface area contributed by atoms with Crippen LogP contribution >= 0.6 is 15.9 Å². The maximum atomic E-state index is 12.4. The van der Waals surface area contributed by atoms with E-state index in [1.807, 2.05) is 0 Å². The third-order valence-corrected chi connectivity index (χ3v) is 2.33. The monoisotopic (exact) mass is 297 g/mol. The molecule has 1 aromatic carbocycles. The third-order valence-electron chi connectivity index (χ3n) is 1.87. The second-order valence-electron chi connectivity index (χ2n) is 3.09. The molecule has 0 aliphatic rings. The van der Waals surface area contributed by atoms with Gasteiger partial charge < -0.3 is 10.8 Å². The summed E-state index contributed by atoms with van der Waals surface area (Å²) in [4.78, 5) is 10.6. The van der Waals surface area contributed by atoms with E-state index in [0.29, 0.717) is 0 Å². The quantitative estimate of drug-likeness (QED) is 0.882. The van der Waals surface area contributed by atoms with E-state index in [2.05, 4.69) is 15.9 Å². The molecule has 16 heavy (non-hydrogen) atoms. The summed E-state index contributed by atoms with van der Waals surface area (Å²) in [7, 11) is 0. The maximum Gasteiger partial charge on any atom is 0.416 e. The second-order valence-corrected chi connectivity index (χ2v) is 4.00. The first-order valence-electron chi connectivity index (χ1n) is 4.08. The van der Waals surface area contributed by atoms with Gasteiger partial charge in [0, 0.05) is 4.47 Å². The van der Waals surface area contributed by atoms with Crippen molar-refractivity contribution in [3.63, 3.8) is 0 Å². The summed E-state index contributed by atoms with van der Waals surface area (Å²) in [5.74, 6) is -1.38. The van der Waals surface area contributed by atoms with E-state index < -0.39 is 23.8 Å². The molecule has 0 amide bonds. The molecular formula is C9H7BrF3NO2. The van der Waals surface area contributed by atoms with Gasteiger partial charge in [0.2, 0.25) is 0 Å². The summed E-state index contributed by atoms with van der Waals surface area (Å²) in [5.41, 5.74) is 4.19. The van der Waals surface area contributed by atoms with Gasteiger partial charge in [-0.05, 0) is 23.8 Å². The zero-order valence-electron chi connectivity index (χ0n) is 7.75. The molecule has 3 N–H and O–H groups in total. The zero-order chi connectivity index (χ0) is 12.5. The lowest BCUT2D eigenvalue weighted by Gasteiger charge is -2.12. The van der Waals surface area contributed by atoms with Crippen LogP contribution in [0.5, 0.6) is 0 Å². The highest BCUT2D eigenvalue weighted by Crippen LogP contribution is 2.33. The average Bonchev–Trinajstić information content (AvgIpc) is 2.14. The van der Waals surface area contributed by atoms with Gasteiger partial charge in [-0.15, -0.1) is 0 Å². The molecule has 0 spiro atoms. The summed E-state index contributed by atoms with van der Waals surface area (Å²) < 4.78 is 37.3. The SMILES string of the molecule is N[C@@H](C(=O)O)c1cc(Br)cc(C(F)(F)F)c1. The fraction of sp³-hybridized carbons (Fsp3) is 0.222. The fourth-order valence-electron chi connectivity index (χ4n) is 1.10. The lowest BCUT2D eigenvalue weighted by Crippen LogP contribution is -2.21. The Morgan fingerprint density at radius 2 is 1.94 bits per heavy atom. The van der Waals surface area contributed by atoms with Crippen LogP contribution in [-0.4, -0.2) is 11.1 Å². The van der Waals surface area contributed by atoms with Gasteiger partial charge in [0.05, 0.1) is 5.56 Å². The number of hydrogen-bond acceptors (Lipinski definition) is 2. The molecule has 0 saturated carbocycles. The van der Waals surface area contributed by atoms with Crippen LogP contribution in [0.15, 0.2) is 22.7 Å². The molecule has 0 aliphatic heterocycles. The summed E-state index contributed by atoms with van der Waals surface area (Å²) in [6.45, 7) is 0. The fourth-order valence-corrected chi connectivity index (χ4v) is 1.61. The van der Waals surface area contributed by atoms with Crippen molar-refractivity contribution in [2.45, 2.75) is 12.2 Å². The van der Waals surface area contributed by atoms with E-state index in [0.717, 1.165) is 12.1 Å². The Morgan fingerprint density at radius 1 is 1.38 bits per heavy atom. The van der Waals surface area contributed by atoms with Crippen LogP contribution in [0.2, 0.25) is 0 Å². The van der Waals surface area contributed by atoms with E-state index >= 15 is 0 Å². The van der Waals surface area contributed by atoms with E-state index in [-0.39, 0.29) is 10.0 Å². The molecule has 7 heteroatoms. The van der Waals surface area contributed by atoms with Gasteiger partial charge in [0.25, 0.3) is 0 Å². The molecule has 0 aromatic heterocycles. The van der Waals surface area contributed by atoms with Gasteiger partial charge in [0.15, 0.2) is 0 Å². The van der Waals surface area contributed by atoms with Crippen molar-refractivity contribution in [3.05, 3.63) is 33.8 Å². The van der Waals surface area contributed by atoms with Crippen molar-refractivity contribution < 1.29 is 23.1 Å². The molecular weight excluding hydrogens is 291 g/mol. The lowest BCUT2D eigenvalue weighted by molar-refractivity contribution is -0.140. The number of alkyl halides is 3. The Bertz CT molecular complexity index is 420. The molecule has 0 heterocycles. The van der Waals surface area contributed by atoms with Crippen LogP contribution in [0.4, 0.5) is 13.2 Å². The molecule has 0 saturated heterocycles. The van der Waals surface area contributed by atoms with Gasteiger partial charge in [-0.3, -0.25) is 4.79 Å². The van der Waals surface area contributed by atoms with Gasteiger partial charge in [-0.25, -0.2) is 0 Å². The highest BCUT2D eigenvalue weighted by molar-refractivity contribution is 9.10. The number of rotatable bonds is 2. The largest absolute Gasteiger partial charge is 0.480 e. The van der Waals surface area contributed by atoms with Crippen molar-refractivity contribution in [2.75, 3.05) is 0 Å². The molecule has 3 nitrogen and oxygen atoms in total. The molecule has 0 bridgehead atoms. The second kappa shape index (κ2) is 4.42. The molecule has 0 aliphatic carbocycles. The normalized spacial score (nSPS) is 13.6. The maximum absolute atomic E-state index is 12.4. The number of halogens is 4. The lowest BCUT2D eigenvalue weighted by atomic mass is 10.0. The Labute approximate surface area is 97.2 Å². The number of carbonyl (C=O) groups is 1. The number of benzene rings is 1. The number of hydrogen-bond donors (Lipinski definition) is 2. The standard InChI is InChI=1S/C9H7BrF3NO2/c10-6-2-4(7(14)8(15)16)1-5(3-6)9(11,12)13/h1-3,7H,14H2,(H,15,16)/t7-/m1/s1. The van der Waals surface area contributed by atoms with Crippen molar-refractivity contribution >= 4 is 21.9 Å². The molecule has 0 unspecified atom stereocenters. The minimum absolute atomic E-state index is 0.103. The van der Waals surface area contributed by atoms with Crippen LogP contribution in [-0.2, 0) is 11.0 Å². The van der Waals surface area contributed by atoms with Crippen LogP contribution < -0.4 is 5.73 Å². The zero-order valence-corrected chi connectivity index (χ0v) is 9.34. The first-order chi connectivity index (χ1) is 7.21. The minimum Gasteiger partial charge on any atom is -0.480 e. The molecule has 88 valence electrons. The Morgan fingerprint density at radius 3 is 2.38 bits per heavy atom. The summed E-state index contributed by atoms with van der Waals surface area (Å²) in [6, 6.07) is 1.36. The van der Waals surface area contributed by atoms with Crippen LogP contribution in [0.25, 0.3) is 0 Å². The van der Waals surface area contributed by atoms with Crippen LogP contribution in [0.3, 0.4) is 0 Å². The molecule has 1 atom stereocenters. The topological polar surface area (TPSA) is 63.3 Å². The van der Waals surface area contributed by atoms with E-state index in [1.54, 1.807) is 0 Å². The Hall–Kier alpha value is -1.08. The first-order valence-corrected chi connectivity index (χ1v) is 4.87. The number of carboxylic acid groups (broad SMARTS) is 1. The summed E-state index contributed by atoms with van der Waals surface area (Å²) >= 11 is 2.87. The summed E-state index contributed by atoms with van der Waals surface area (Å²) in [6.07, 6.45) is -4.53. The van der Waals surface area contributed by atoms with Gasteiger partial charge in [-0.2, -0.15) is 13.2 Å². The number of nitrogens with two attached hydrogens (primary N) is 1. The third kappa shape index (κ3) is 2.96. The highest BCUT2D eigenvalue weighted by atomic mass is 79.9. The summed E-state index contributed by atoms with van der Waals surface area (Å²) in [5, 5.41) is 8.60. The number of aliphatic carboxylic acids is 1. The molecule has 0 radical (unpaired) electrons. The smallest absolute Gasteiger partial charge is 0.416 e. The Balaban J connectivity index is 3.23. The molecule has 0 fully saturated rings. The van der Waals surface area contributed by atoms with E-state index in [4.69, 9.17) is 10.8 Å². The molecule has 1 aromatic rings. The minimum atomic E-state index is -4.53.